The molecule has 5 rings (SSSR count). The maximum atomic E-state index is 12.9. The first kappa shape index (κ1) is 18.9. The van der Waals surface area contributed by atoms with Gasteiger partial charge in [-0.3, -0.25) is 4.79 Å². The molecule has 1 saturated heterocycles. The first-order valence-electron chi connectivity index (χ1n) is 9.94. The topological polar surface area (TPSA) is 66.5 Å². The molecule has 2 aromatic carbocycles. The van der Waals surface area contributed by atoms with Gasteiger partial charge in [0.05, 0.1) is 11.3 Å². The van der Waals surface area contributed by atoms with Crippen LogP contribution in [-0.4, -0.2) is 37.1 Å². The molecule has 0 spiro atoms. The Kier molecular flexibility index (Phi) is 4.81. The third kappa shape index (κ3) is 3.49. The average molecular weight is 421 g/mol. The summed E-state index contributed by atoms with van der Waals surface area (Å²) in [7, 11) is 0. The van der Waals surface area contributed by atoms with E-state index < -0.39 is 0 Å². The van der Waals surface area contributed by atoms with Crippen LogP contribution in [0.3, 0.4) is 0 Å². The van der Waals surface area contributed by atoms with Gasteiger partial charge in [-0.25, -0.2) is 4.98 Å². The molecule has 30 heavy (non-hydrogen) atoms. The van der Waals surface area contributed by atoms with Crippen LogP contribution >= 0.6 is 11.6 Å². The van der Waals surface area contributed by atoms with Crippen LogP contribution in [0.4, 0.5) is 11.5 Å². The lowest BCUT2D eigenvalue weighted by Crippen LogP contribution is -2.43. The van der Waals surface area contributed by atoms with E-state index in [0.29, 0.717) is 27.8 Å². The van der Waals surface area contributed by atoms with Crippen LogP contribution in [0.5, 0.6) is 11.5 Å². The highest BCUT2D eigenvalue weighted by atomic mass is 35.5. The maximum Gasteiger partial charge on any atom is 0.259 e. The first-order chi connectivity index (χ1) is 14.6. The molecule has 2 N–H and O–H groups in total. The van der Waals surface area contributed by atoms with E-state index in [1.165, 1.54) is 0 Å². The van der Waals surface area contributed by atoms with Crippen LogP contribution in [-0.2, 0) is 0 Å². The summed E-state index contributed by atoms with van der Waals surface area (Å²) in [4.78, 5) is 19.7. The number of fused-ring (bicyclic) bond motifs is 2. The number of nitrogens with zero attached hydrogens (tertiary/aromatic N) is 2. The lowest BCUT2D eigenvalue weighted by atomic mass is 10.0. The van der Waals surface area contributed by atoms with Gasteiger partial charge in [0.1, 0.15) is 11.6 Å². The summed E-state index contributed by atoms with van der Waals surface area (Å²) in [6.45, 7) is 5.65. The molecule has 2 aliphatic rings. The van der Waals surface area contributed by atoms with Crippen molar-refractivity contribution in [2.45, 2.75) is 6.92 Å². The van der Waals surface area contributed by atoms with Crippen LogP contribution < -0.4 is 20.3 Å². The number of carbonyl (C=O) groups is 1. The number of hydrogen-bond acceptors (Lipinski definition) is 5. The summed E-state index contributed by atoms with van der Waals surface area (Å²) < 4.78 is 6.02. The van der Waals surface area contributed by atoms with Crippen molar-refractivity contribution in [2.75, 3.05) is 36.4 Å². The van der Waals surface area contributed by atoms with Gasteiger partial charge in [-0.15, -0.1) is 0 Å². The monoisotopic (exact) mass is 420 g/mol. The summed E-state index contributed by atoms with van der Waals surface area (Å²) in [6.07, 6.45) is 1.82. The molecule has 0 radical (unpaired) electrons. The number of hydrogen-bond donors (Lipinski definition) is 2. The van der Waals surface area contributed by atoms with Crippen LogP contribution in [0.2, 0.25) is 5.02 Å². The number of amides is 1. The molecule has 3 aromatic rings. The fourth-order valence-electron chi connectivity index (χ4n) is 3.79. The molecule has 6 nitrogen and oxygen atoms in total. The Balaban J connectivity index is 1.50. The highest BCUT2D eigenvalue weighted by Crippen LogP contribution is 2.40. The predicted octanol–water partition coefficient (Wildman–Crippen LogP) is 4.48. The second-order valence-corrected chi connectivity index (χ2v) is 7.91. The van der Waals surface area contributed by atoms with E-state index in [1.54, 1.807) is 6.07 Å². The number of aromatic nitrogens is 1. The summed E-state index contributed by atoms with van der Waals surface area (Å²) in [6, 6.07) is 13.2. The number of carbonyl (C=O) groups excluding carboxylic acids is 1. The molecule has 7 heteroatoms. The van der Waals surface area contributed by atoms with Crippen molar-refractivity contribution in [2.24, 2.45) is 0 Å². The molecule has 152 valence electrons. The molecule has 1 amide bonds. The number of rotatable bonds is 2. The second-order valence-electron chi connectivity index (χ2n) is 7.50. The van der Waals surface area contributed by atoms with Crippen LogP contribution in [0.25, 0.3) is 11.1 Å². The van der Waals surface area contributed by atoms with Crippen molar-refractivity contribution in [3.05, 3.63) is 64.8 Å². The average Bonchev–Trinajstić information content (AvgIpc) is 2.90. The van der Waals surface area contributed by atoms with E-state index >= 15 is 0 Å². The number of pyridine rings is 1. The number of piperazine rings is 1. The Morgan fingerprint density at radius 1 is 1.03 bits per heavy atom. The maximum absolute atomic E-state index is 12.9. The van der Waals surface area contributed by atoms with E-state index in [2.05, 4.69) is 26.6 Å². The molecule has 2 aliphatic heterocycles. The Labute approximate surface area is 179 Å². The Bertz CT molecular complexity index is 1140. The number of halogens is 1. The van der Waals surface area contributed by atoms with Crippen LogP contribution in [0.15, 0.2) is 48.7 Å². The van der Waals surface area contributed by atoms with Crippen molar-refractivity contribution in [3.63, 3.8) is 0 Å². The normalized spacial score (nSPS) is 15.5. The van der Waals surface area contributed by atoms with Crippen molar-refractivity contribution in [1.29, 1.82) is 0 Å². The van der Waals surface area contributed by atoms with Crippen molar-refractivity contribution in [1.82, 2.24) is 10.3 Å². The van der Waals surface area contributed by atoms with Gasteiger partial charge in [0, 0.05) is 43.5 Å². The van der Waals surface area contributed by atoms with Crippen LogP contribution in [0, 0.1) is 6.92 Å². The van der Waals surface area contributed by atoms with Crippen molar-refractivity contribution < 1.29 is 9.53 Å². The van der Waals surface area contributed by atoms with Gasteiger partial charge in [0.15, 0.2) is 5.75 Å². The van der Waals surface area contributed by atoms with E-state index in [9.17, 15) is 4.79 Å². The molecular formula is C23H21ClN4O2. The fraction of sp³-hybridized carbons (Fsp3) is 0.217. The van der Waals surface area contributed by atoms with Gasteiger partial charge >= 0.3 is 0 Å². The summed E-state index contributed by atoms with van der Waals surface area (Å²) in [5.74, 6) is 1.78. The van der Waals surface area contributed by atoms with Crippen molar-refractivity contribution >= 4 is 29.0 Å². The molecule has 0 bridgehead atoms. The zero-order valence-corrected chi connectivity index (χ0v) is 17.3. The number of nitrogens with one attached hydrogen (secondary N) is 2. The zero-order valence-electron chi connectivity index (χ0n) is 16.5. The molecule has 0 saturated carbocycles. The van der Waals surface area contributed by atoms with E-state index in [0.717, 1.165) is 48.7 Å². The Hall–Kier alpha value is -3.09. The van der Waals surface area contributed by atoms with E-state index in [4.69, 9.17) is 16.3 Å². The van der Waals surface area contributed by atoms with Gasteiger partial charge in [-0.1, -0.05) is 17.7 Å². The van der Waals surface area contributed by atoms with Gasteiger partial charge in [0.25, 0.3) is 5.91 Å². The standard InChI is InChI=1S/C23H21ClN4O2/c1-14-10-19-21(13-18(14)24)30-20-3-2-15(11-17(20)23(29)27-19)16-4-5-26-22(12-16)28-8-6-25-7-9-28/h2-5,10-13,25H,6-9H2,1H3,(H,27,29). The van der Waals surface area contributed by atoms with Crippen LogP contribution in [0.1, 0.15) is 15.9 Å². The number of anilines is 2. The minimum Gasteiger partial charge on any atom is -0.454 e. The molecule has 0 atom stereocenters. The summed E-state index contributed by atoms with van der Waals surface area (Å²) in [5.41, 5.74) is 3.92. The zero-order chi connectivity index (χ0) is 20.7. The van der Waals surface area contributed by atoms with E-state index in [-0.39, 0.29) is 5.91 Å². The minimum absolute atomic E-state index is 0.205. The Morgan fingerprint density at radius 2 is 1.83 bits per heavy atom. The number of ether oxygens (including phenoxy) is 1. The molecule has 0 aliphatic carbocycles. The molecule has 0 unspecified atom stereocenters. The van der Waals surface area contributed by atoms with Gasteiger partial charge in [-0.05, 0) is 53.9 Å². The van der Waals surface area contributed by atoms with Gasteiger partial charge in [0.2, 0.25) is 0 Å². The second kappa shape index (κ2) is 7.63. The van der Waals surface area contributed by atoms with Gasteiger partial charge < -0.3 is 20.3 Å². The summed E-state index contributed by atoms with van der Waals surface area (Å²) in [5, 5.41) is 6.89. The lowest BCUT2D eigenvalue weighted by Gasteiger charge is -2.28. The largest absolute Gasteiger partial charge is 0.454 e. The third-order valence-electron chi connectivity index (χ3n) is 5.47. The van der Waals surface area contributed by atoms with Gasteiger partial charge in [-0.2, -0.15) is 0 Å². The number of benzene rings is 2. The molecule has 1 fully saturated rings. The Morgan fingerprint density at radius 3 is 2.67 bits per heavy atom. The quantitative estimate of drug-likeness (QED) is 0.640. The predicted molar refractivity (Wildman–Crippen MR) is 119 cm³/mol. The summed E-state index contributed by atoms with van der Waals surface area (Å²) >= 11 is 6.24. The van der Waals surface area contributed by atoms with Crippen molar-refractivity contribution in [3.8, 4) is 22.6 Å². The molecule has 1 aromatic heterocycles. The molecular weight excluding hydrogens is 400 g/mol. The highest BCUT2D eigenvalue weighted by molar-refractivity contribution is 6.31. The first-order valence-corrected chi connectivity index (χ1v) is 10.3. The third-order valence-corrected chi connectivity index (χ3v) is 5.88. The smallest absolute Gasteiger partial charge is 0.259 e. The SMILES string of the molecule is Cc1cc2c(cc1Cl)Oc1ccc(-c3ccnc(N4CCNCC4)c3)cc1C(=O)N2. The molecule has 3 heterocycles. The van der Waals surface area contributed by atoms with E-state index in [1.807, 2.05) is 43.5 Å². The number of aryl methyl sites for hydroxylation is 1. The fourth-order valence-corrected chi connectivity index (χ4v) is 3.95. The highest BCUT2D eigenvalue weighted by Gasteiger charge is 2.22. The lowest BCUT2D eigenvalue weighted by molar-refractivity contribution is 0.102. The minimum atomic E-state index is -0.205.